The van der Waals surface area contributed by atoms with Gasteiger partial charge in [-0.25, -0.2) is 0 Å². The van der Waals surface area contributed by atoms with E-state index in [1.165, 1.54) is 83.5 Å². The lowest BCUT2D eigenvalue weighted by molar-refractivity contribution is -0.143. The van der Waals surface area contributed by atoms with E-state index < -0.39 is 0 Å². The van der Waals surface area contributed by atoms with Crippen molar-refractivity contribution < 1.29 is 4.84 Å². The standard InChI is InChI=1S/C22H41NO.ClH/c1-2-3-4-5-6-7-8-9-10-11-12-13-14-15-16-19-22-24-23-20-17-18-21-23;/h6-7,9-10H,2-5,8,11-22H2,1H3;1H. The first-order chi connectivity index (χ1) is 11.9. The van der Waals surface area contributed by atoms with Crippen molar-refractivity contribution in [1.29, 1.82) is 0 Å². The predicted octanol–water partition coefficient (Wildman–Crippen LogP) is 7.25. The number of rotatable bonds is 16. The number of halogens is 1. The molecule has 1 aliphatic heterocycles. The molecule has 2 nitrogen and oxygen atoms in total. The van der Waals surface area contributed by atoms with Crippen molar-refractivity contribution in [2.45, 2.75) is 96.8 Å². The highest BCUT2D eigenvalue weighted by molar-refractivity contribution is 5.85. The fraction of sp³-hybridized carbons (Fsp3) is 0.818. The zero-order valence-corrected chi connectivity index (χ0v) is 17.4. The van der Waals surface area contributed by atoms with Crippen molar-refractivity contribution in [1.82, 2.24) is 5.06 Å². The molecule has 0 aromatic rings. The van der Waals surface area contributed by atoms with Crippen LogP contribution in [-0.2, 0) is 4.84 Å². The van der Waals surface area contributed by atoms with Gasteiger partial charge in [-0.3, -0.25) is 4.84 Å². The molecule has 3 heteroatoms. The van der Waals surface area contributed by atoms with Crippen molar-refractivity contribution in [3.63, 3.8) is 0 Å². The van der Waals surface area contributed by atoms with Crippen LogP contribution in [0, 0.1) is 0 Å². The average molecular weight is 372 g/mol. The van der Waals surface area contributed by atoms with E-state index in [1.807, 2.05) is 0 Å². The van der Waals surface area contributed by atoms with Gasteiger partial charge in [-0.1, -0.05) is 69.8 Å². The Balaban J connectivity index is 0.00000576. The summed E-state index contributed by atoms with van der Waals surface area (Å²) in [6, 6.07) is 0. The van der Waals surface area contributed by atoms with Gasteiger partial charge in [0.15, 0.2) is 0 Å². The maximum atomic E-state index is 5.74. The van der Waals surface area contributed by atoms with Gasteiger partial charge >= 0.3 is 0 Å². The summed E-state index contributed by atoms with van der Waals surface area (Å²) in [5.41, 5.74) is 0. The Hall–Kier alpha value is -0.310. The first-order valence-electron chi connectivity index (χ1n) is 10.6. The molecular weight excluding hydrogens is 330 g/mol. The van der Waals surface area contributed by atoms with Gasteiger partial charge in [0, 0.05) is 13.1 Å². The Morgan fingerprint density at radius 3 is 1.92 bits per heavy atom. The van der Waals surface area contributed by atoms with Crippen LogP contribution in [0.25, 0.3) is 0 Å². The smallest absolute Gasteiger partial charge is 0.0685 e. The van der Waals surface area contributed by atoms with Crippen molar-refractivity contribution >= 4 is 12.4 Å². The van der Waals surface area contributed by atoms with Crippen molar-refractivity contribution in [2.75, 3.05) is 19.7 Å². The summed E-state index contributed by atoms with van der Waals surface area (Å²) >= 11 is 0. The molecule has 0 amide bonds. The molecule has 1 fully saturated rings. The number of hydrogen-bond donors (Lipinski definition) is 0. The summed E-state index contributed by atoms with van der Waals surface area (Å²) in [5.74, 6) is 0. The molecule has 0 radical (unpaired) electrons. The van der Waals surface area contributed by atoms with E-state index in [4.69, 9.17) is 4.84 Å². The topological polar surface area (TPSA) is 12.5 Å². The van der Waals surface area contributed by atoms with E-state index in [9.17, 15) is 0 Å². The molecule has 1 rings (SSSR count). The summed E-state index contributed by atoms with van der Waals surface area (Å²) in [5, 5.41) is 2.15. The van der Waals surface area contributed by atoms with E-state index in [2.05, 4.69) is 36.3 Å². The van der Waals surface area contributed by atoms with Crippen molar-refractivity contribution in [3.05, 3.63) is 24.3 Å². The summed E-state index contributed by atoms with van der Waals surface area (Å²) < 4.78 is 0. The zero-order chi connectivity index (χ0) is 17.1. The van der Waals surface area contributed by atoms with E-state index in [0.29, 0.717) is 0 Å². The van der Waals surface area contributed by atoms with Gasteiger partial charge < -0.3 is 0 Å². The Kier molecular flexibility index (Phi) is 19.8. The second kappa shape index (κ2) is 20.0. The van der Waals surface area contributed by atoms with Crippen LogP contribution in [0.2, 0.25) is 0 Å². The maximum absolute atomic E-state index is 5.74. The largest absolute Gasteiger partial charge is 0.299 e. The molecule has 0 atom stereocenters. The number of hydrogen-bond acceptors (Lipinski definition) is 2. The molecule has 0 aromatic carbocycles. The summed E-state index contributed by atoms with van der Waals surface area (Å²) in [4.78, 5) is 5.74. The second-order valence-corrected chi connectivity index (χ2v) is 7.05. The average Bonchev–Trinajstić information content (AvgIpc) is 3.11. The van der Waals surface area contributed by atoms with Gasteiger partial charge in [-0.15, -0.1) is 12.4 Å². The Labute approximate surface area is 163 Å². The number of hydroxylamine groups is 2. The van der Waals surface area contributed by atoms with Crippen LogP contribution in [-0.4, -0.2) is 24.8 Å². The van der Waals surface area contributed by atoms with Crippen LogP contribution < -0.4 is 0 Å². The first kappa shape index (κ1) is 24.7. The molecule has 0 unspecified atom stereocenters. The molecule has 25 heavy (non-hydrogen) atoms. The lowest BCUT2D eigenvalue weighted by Gasteiger charge is -2.14. The monoisotopic (exact) mass is 371 g/mol. The molecule has 0 saturated carbocycles. The normalized spacial score (nSPS) is 15.4. The molecule has 1 saturated heterocycles. The van der Waals surface area contributed by atoms with Gasteiger partial charge in [0.1, 0.15) is 0 Å². The Morgan fingerprint density at radius 2 is 1.28 bits per heavy atom. The van der Waals surface area contributed by atoms with Crippen molar-refractivity contribution in [2.24, 2.45) is 0 Å². The summed E-state index contributed by atoms with van der Waals surface area (Å²) in [6.07, 6.45) is 27.6. The SMILES string of the molecule is CCCCCC=CCC=CCCCCCCCCON1CCCC1.Cl. The third-order valence-electron chi connectivity index (χ3n) is 4.68. The highest BCUT2D eigenvalue weighted by Crippen LogP contribution is 2.10. The van der Waals surface area contributed by atoms with Gasteiger partial charge in [0.2, 0.25) is 0 Å². The van der Waals surface area contributed by atoms with Crippen LogP contribution >= 0.6 is 12.4 Å². The van der Waals surface area contributed by atoms with Gasteiger partial charge in [-0.2, -0.15) is 5.06 Å². The molecule has 0 aliphatic carbocycles. The van der Waals surface area contributed by atoms with E-state index >= 15 is 0 Å². The fourth-order valence-electron chi connectivity index (χ4n) is 3.10. The number of unbranched alkanes of at least 4 members (excludes halogenated alkanes) is 9. The molecule has 0 N–H and O–H groups in total. The Bertz CT molecular complexity index is 311. The second-order valence-electron chi connectivity index (χ2n) is 7.05. The summed E-state index contributed by atoms with van der Waals surface area (Å²) in [7, 11) is 0. The van der Waals surface area contributed by atoms with E-state index in [0.717, 1.165) is 26.1 Å². The van der Waals surface area contributed by atoms with Crippen LogP contribution in [0.3, 0.4) is 0 Å². The minimum Gasteiger partial charge on any atom is -0.299 e. The minimum absolute atomic E-state index is 0. The zero-order valence-electron chi connectivity index (χ0n) is 16.6. The number of nitrogens with zero attached hydrogens (tertiary/aromatic N) is 1. The molecule has 1 heterocycles. The molecule has 1 aliphatic rings. The van der Waals surface area contributed by atoms with Crippen LogP contribution in [0.4, 0.5) is 0 Å². The highest BCUT2D eigenvalue weighted by atomic mass is 35.5. The molecular formula is C22H42ClNO. The molecule has 0 aromatic heterocycles. The third kappa shape index (κ3) is 16.9. The fourth-order valence-corrected chi connectivity index (χ4v) is 3.10. The molecule has 148 valence electrons. The van der Waals surface area contributed by atoms with E-state index in [1.54, 1.807) is 0 Å². The highest BCUT2D eigenvalue weighted by Gasteiger charge is 2.10. The quantitative estimate of drug-likeness (QED) is 0.209. The number of allylic oxidation sites excluding steroid dienone is 4. The van der Waals surface area contributed by atoms with E-state index in [-0.39, 0.29) is 12.4 Å². The third-order valence-corrected chi connectivity index (χ3v) is 4.68. The summed E-state index contributed by atoms with van der Waals surface area (Å²) in [6.45, 7) is 5.47. The minimum atomic E-state index is 0. The van der Waals surface area contributed by atoms with Crippen LogP contribution in [0.5, 0.6) is 0 Å². The predicted molar refractivity (Wildman–Crippen MR) is 113 cm³/mol. The van der Waals surface area contributed by atoms with Gasteiger partial charge in [-0.05, 0) is 51.4 Å². The van der Waals surface area contributed by atoms with Gasteiger partial charge in [0.05, 0.1) is 6.61 Å². The van der Waals surface area contributed by atoms with Crippen LogP contribution in [0.1, 0.15) is 96.8 Å². The molecule has 0 bridgehead atoms. The van der Waals surface area contributed by atoms with Crippen LogP contribution in [0.15, 0.2) is 24.3 Å². The maximum Gasteiger partial charge on any atom is 0.0685 e. The lowest BCUT2D eigenvalue weighted by atomic mass is 10.1. The first-order valence-corrected chi connectivity index (χ1v) is 10.6. The lowest BCUT2D eigenvalue weighted by Crippen LogP contribution is -2.20. The molecule has 0 spiro atoms. The van der Waals surface area contributed by atoms with Crippen molar-refractivity contribution in [3.8, 4) is 0 Å². The van der Waals surface area contributed by atoms with Gasteiger partial charge in [0.25, 0.3) is 0 Å². The Morgan fingerprint density at radius 1 is 0.720 bits per heavy atom.